The van der Waals surface area contributed by atoms with Gasteiger partial charge >= 0.3 is 0 Å². The zero-order valence-electron chi connectivity index (χ0n) is 17.1. The summed E-state index contributed by atoms with van der Waals surface area (Å²) in [5.41, 5.74) is 0. The highest BCUT2D eigenvalue weighted by molar-refractivity contribution is 7.85. The van der Waals surface area contributed by atoms with Gasteiger partial charge in [-0.1, -0.05) is 47.5 Å². The summed E-state index contributed by atoms with van der Waals surface area (Å²) in [5, 5.41) is 0. The summed E-state index contributed by atoms with van der Waals surface area (Å²) in [6.45, 7) is 13.5. The van der Waals surface area contributed by atoms with Gasteiger partial charge in [-0.25, -0.2) is 0 Å². The van der Waals surface area contributed by atoms with Crippen molar-refractivity contribution in [3.05, 3.63) is 0 Å². The van der Waals surface area contributed by atoms with Crippen LogP contribution in [0.4, 0.5) is 0 Å². The molecule has 0 rings (SSSR count). The molecule has 0 aromatic rings. The zero-order valence-corrected chi connectivity index (χ0v) is 17.9. The lowest BCUT2D eigenvalue weighted by Gasteiger charge is -2.33. The normalized spacial score (nSPS) is 18.2. The lowest BCUT2D eigenvalue weighted by atomic mass is 9.78. The van der Waals surface area contributed by atoms with Crippen molar-refractivity contribution in [3.8, 4) is 0 Å². The van der Waals surface area contributed by atoms with Crippen molar-refractivity contribution in [1.29, 1.82) is 0 Å². The molecule has 4 unspecified atom stereocenters. The van der Waals surface area contributed by atoms with E-state index in [1.54, 1.807) is 0 Å². The Labute approximate surface area is 151 Å². The maximum absolute atomic E-state index is 10.8. The number of hydrogen-bond acceptors (Lipinski definition) is 2. The van der Waals surface area contributed by atoms with Crippen molar-refractivity contribution < 1.29 is 17.5 Å². The zero-order chi connectivity index (χ0) is 19.0. The lowest BCUT2D eigenvalue weighted by molar-refractivity contribution is -0.890. The molecule has 0 aromatic carbocycles. The standard InChI is InChI=1S/C19H41NO3S/c1-8-16(3)18(5)15-19(9-2)17(4)11-13-20(6,7)12-10-14-24(21,22)23/h16-19H,8-15H2,1-7H3/p+1. The van der Waals surface area contributed by atoms with E-state index < -0.39 is 10.1 Å². The van der Waals surface area contributed by atoms with Gasteiger partial charge < -0.3 is 4.48 Å². The number of hydrogen-bond donors (Lipinski definition) is 1. The Morgan fingerprint density at radius 2 is 1.50 bits per heavy atom. The van der Waals surface area contributed by atoms with Gasteiger partial charge in [0.15, 0.2) is 0 Å². The minimum absolute atomic E-state index is 0.131. The van der Waals surface area contributed by atoms with Crippen molar-refractivity contribution in [2.24, 2.45) is 23.7 Å². The molecule has 0 fully saturated rings. The van der Waals surface area contributed by atoms with Crippen LogP contribution in [0.1, 0.15) is 66.7 Å². The maximum Gasteiger partial charge on any atom is 0.265 e. The highest BCUT2D eigenvalue weighted by Gasteiger charge is 2.24. The number of rotatable bonds is 13. The second-order valence-corrected chi connectivity index (χ2v) is 10.1. The van der Waals surface area contributed by atoms with E-state index in [-0.39, 0.29) is 5.75 Å². The molecule has 0 aromatic heterocycles. The van der Waals surface area contributed by atoms with E-state index in [0.29, 0.717) is 12.3 Å². The van der Waals surface area contributed by atoms with Crippen LogP contribution >= 0.6 is 0 Å². The predicted octanol–water partition coefficient (Wildman–Crippen LogP) is 4.47. The third kappa shape index (κ3) is 10.7. The van der Waals surface area contributed by atoms with E-state index >= 15 is 0 Å². The predicted molar refractivity (Wildman–Crippen MR) is 104 cm³/mol. The highest BCUT2D eigenvalue weighted by Crippen LogP contribution is 2.30. The molecule has 4 nitrogen and oxygen atoms in total. The summed E-state index contributed by atoms with van der Waals surface area (Å²) < 4.78 is 31.4. The van der Waals surface area contributed by atoms with Crippen molar-refractivity contribution in [1.82, 2.24) is 0 Å². The molecule has 0 saturated carbocycles. The van der Waals surface area contributed by atoms with Crippen LogP contribution in [0.3, 0.4) is 0 Å². The third-order valence-electron chi connectivity index (χ3n) is 5.97. The lowest BCUT2D eigenvalue weighted by Crippen LogP contribution is -2.42. The average Bonchev–Trinajstić information content (AvgIpc) is 2.47. The maximum atomic E-state index is 10.8. The van der Waals surface area contributed by atoms with Crippen LogP contribution in [0.25, 0.3) is 0 Å². The molecule has 0 spiro atoms. The van der Waals surface area contributed by atoms with E-state index in [1.165, 1.54) is 25.7 Å². The minimum Gasteiger partial charge on any atom is -0.328 e. The first-order chi connectivity index (χ1) is 10.9. The summed E-state index contributed by atoms with van der Waals surface area (Å²) in [5.74, 6) is 2.90. The molecule has 24 heavy (non-hydrogen) atoms. The second kappa shape index (κ2) is 10.8. The summed E-state index contributed by atoms with van der Waals surface area (Å²) in [6, 6.07) is 0. The Kier molecular flexibility index (Phi) is 10.7. The van der Waals surface area contributed by atoms with E-state index in [2.05, 4.69) is 48.7 Å². The first-order valence-corrected chi connectivity index (χ1v) is 11.3. The van der Waals surface area contributed by atoms with Gasteiger partial charge in [-0.15, -0.1) is 0 Å². The summed E-state index contributed by atoms with van der Waals surface area (Å²) >= 11 is 0. The molecule has 146 valence electrons. The molecular formula is C19H42NO3S+. The van der Waals surface area contributed by atoms with Gasteiger partial charge in [0.1, 0.15) is 0 Å². The van der Waals surface area contributed by atoms with Crippen LogP contribution in [-0.4, -0.2) is 50.4 Å². The Morgan fingerprint density at radius 3 is 1.96 bits per heavy atom. The first-order valence-electron chi connectivity index (χ1n) is 9.69. The summed E-state index contributed by atoms with van der Waals surface area (Å²) in [7, 11) is 0.475. The Bertz CT molecular complexity index is 434. The average molecular weight is 365 g/mol. The van der Waals surface area contributed by atoms with Gasteiger partial charge in [0, 0.05) is 6.42 Å². The van der Waals surface area contributed by atoms with Gasteiger partial charge in [0.2, 0.25) is 0 Å². The number of quaternary nitrogens is 1. The highest BCUT2D eigenvalue weighted by atomic mass is 32.2. The fourth-order valence-electron chi connectivity index (χ4n) is 3.49. The van der Waals surface area contributed by atoms with Crippen molar-refractivity contribution in [2.45, 2.75) is 66.7 Å². The van der Waals surface area contributed by atoms with Gasteiger partial charge in [-0.2, -0.15) is 8.42 Å². The smallest absolute Gasteiger partial charge is 0.265 e. The SMILES string of the molecule is CCC(C)C(C)CC(CC)C(C)CC[N+](C)(C)CCCS(=O)(=O)O. The molecule has 0 radical (unpaired) electrons. The molecule has 0 aliphatic heterocycles. The third-order valence-corrected chi connectivity index (χ3v) is 6.78. The molecule has 0 aliphatic carbocycles. The summed E-state index contributed by atoms with van der Waals surface area (Å²) in [6.07, 6.45) is 5.48. The Hall–Kier alpha value is -0.130. The van der Waals surface area contributed by atoms with Crippen LogP contribution < -0.4 is 0 Å². The molecule has 0 bridgehead atoms. The number of nitrogens with zero attached hydrogens (tertiary/aromatic N) is 1. The van der Waals surface area contributed by atoms with Crippen molar-refractivity contribution >= 4 is 10.1 Å². The van der Waals surface area contributed by atoms with Gasteiger partial charge in [0.25, 0.3) is 10.1 Å². The fourth-order valence-corrected chi connectivity index (χ4v) is 3.98. The quantitative estimate of drug-likeness (QED) is 0.387. The van der Waals surface area contributed by atoms with Gasteiger partial charge in [-0.3, -0.25) is 4.55 Å². The van der Waals surface area contributed by atoms with E-state index in [4.69, 9.17) is 4.55 Å². The van der Waals surface area contributed by atoms with E-state index in [9.17, 15) is 8.42 Å². The molecule has 0 aliphatic rings. The summed E-state index contributed by atoms with van der Waals surface area (Å²) in [4.78, 5) is 0. The molecule has 0 heterocycles. The van der Waals surface area contributed by atoms with Crippen molar-refractivity contribution in [3.63, 3.8) is 0 Å². The Balaban J connectivity index is 4.38. The van der Waals surface area contributed by atoms with Crippen LogP contribution in [0.2, 0.25) is 0 Å². The first kappa shape index (κ1) is 23.9. The monoisotopic (exact) mass is 364 g/mol. The van der Waals surface area contributed by atoms with Crippen LogP contribution in [0, 0.1) is 23.7 Å². The van der Waals surface area contributed by atoms with Crippen molar-refractivity contribution in [2.75, 3.05) is 32.9 Å². The molecular weight excluding hydrogens is 322 g/mol. The molecule has 0 amide bonds. The van der Waals surface area contributed by atoms with E-state index in [0.717, 1.165) is 35.3 Å². The second-order valence-electron chi connectivity index (χ2n) is 8.56. The molecule has 4 atom stereocenters. The Morgan fingerprint density at radius 1 is 0.917 bits per heavy atom. The molecule has 0 saturated heterocycles. The van der Waals surface area contributed by atoms with Gasteiger partial charge in [-0.05, 0) is 36.5 Å². The van der Waals surface area contributed by atoms with Crippen LogP contribution in [0.15, 0.2) is 0 Å². The minimum atomic E-state index is -3.83. The van der Waals surface area contributed by atoms with Crippen LogP contribution in [-0.2, 0) is 10.1 Å². The van der Waals surface area contributed by atoms with E-state index in [1.807, 2.05) is 0 Å². The molecule has 1 N–H and O–H groups in total. The van der Waals surface area contributed by atoms with Gasteiger partial charge in [0.05, 0.1) is 32.9 Å². The van der Waals surface area contributed by atoms with Crippen LogP contribution in [0.5, 0.6) is 0 Å². The largest absolute Gasteiger partial charge is 0.328 e. The molecule has 5 heteroatoms. The fraction of sp³-hybridized carbons (Fsp3) is 1.00. The topological polar surface area (TPSA) is 54.4 Å².